The maximum atomic E-state index is 11.4. The molecule has 0 N–H and O–H groups in total. The van der Waals surface area contributed by atoms with Gasteiger partial charge in [-0.05, 0) is 44.6 Å². The van der Waals surface area contributed by atoms with Crippen LogP contribution in [0.1, 0.15) is 51.4 Å². The number of fused-ring (bicyclic) bond motifs is 1. The number of Topliss-reactive ketones (excluding diaryl/α,β-unsaturated/α-hetero) is 1. The van der Waals surface area contributed by atoms with E-state index in [-0.39, 0.29) is 0 Å². The molecule has 2 heteroatoms. The summed E-state index contributed by atoms with van der Waals surface area (Å²) in [7, 11) is 0. The third-order valence-electron chi connectivity index (χ3n) is 4.72. The van der Waals surface area contributed by atoms with E-state index in [0.717, 1.165) is 31.2 Å². The highest BCUT2D eigenvalue weighted by Gasteiger charge is 2.39. The van der Waals surface area contributed by atoms with E-state index >= 15 is 0 Å². The third-order valence-corrected chi connectivity index (χ3v) is 4.72. The standard InChI is InChI=1S/C13H21NO/c15-12-7-6-11(9-12)14-8-2-4-10-3-1-5-13(10)14/h10-11,13H,1-9H2. The van der Waals surface area contributed by atoms with E-state index in [0.29, 0.717) is 11.8 Å². The highest BCUT2D eigenvalue weighted by Crippen LogP contribution is 2.39. The molecule has 84 valence electrons. The Morgan fingerprint density at radius 1 is 1.07 bits per heavy atom. The molecule has 3 fully saturated rings. The molecule has 2 aliphatic carbocycles. The largest absolute Gasteiger partial charge is 0.300 e. The maximum absolute atomic E-state index is 11.4. The Morgan fingerprint density at radius 2 is 1.93 bits per heavy atom. The Labute approximate surface area is 92.0 Å². The maximum Gasteiger partial charge on any atom is 0.134 e. The zero-order chi connectivity index (χ0) is 10.3. The van der Waals surface area contributed by atoms with Gasteiger partial charge in [-0.3, -0.25) is 9.69 Å². The van der Waals surface area contributed by atoms with Crippen molar-refractivity contribution in [2.45, 2.75) is 63.5 Å². The fourth-order valence-corrected chi connectivity index (χ4v) is 4.02. The Balaban J connectivity index is 1.71. The van der Waals surface area contributed by atoms with Gasteiger partial charge in [0.25, 0.3) is 0 Å². The van der Waals surface area contributed by atoms with Crippen molar-refractivity contribution in [1.29, 1.82) is 0 Å². The van der Waals surface area contributed by atoms with Crippen LogP contribution < -0.4 is 0 Å². The van der Waals surface area contributed by atoms with Crippen LogP contribution in [0.5, 0.6) is 0 Å². The van der Waals surface area contributed by atoms with Crippen LogP contribution in [-0.4, -0.2) is 29.3 Å². The lowest BCUT2D eigenvalue weighted by molar-refractivity contribution is -0.117. The van der Waals surface area contributed by atoms with Crippen LogP contribution in [0.2, 0.25) is 0 Å². The average molecular weight is 207 g/mol. The first-order valence-electron chi connectivity index (χ1n) is 6.62. The molecule has 15 heavy (non-hydrogen) atoms. The molecule has 3 rings (SSSR count). The van der Waals surface area contributed by atoms with E-state index < -0.39 is 0 Å². The van der Waals surface area contributed by atoms with E-state index in [9.17, 15) is 4.79 Å². The van der Waals surface area contributed by atoms with Crippen molar-refractivity contribution in [3.63, 3.8) is 0 Å². The minimum Gasteiger partial charge on any atom is -0.300 e. The number of hydrogen-bond donors (Lipinski definition) is 0. The van der Waals surface area contributed by atoms with Gasteiger partial charge >= 0.3 is 0 Å². The lowest BCUT2D eigenvalue weighted by Gasteiger charge is -2.41. The fraction of sp³-hybridized carbons (Fsp3) is 0.923. The van der Waals surface area contributed by atoms with Gasteiger partial charge in [-0.15, -0.1) is 0 Å². The number of carbonyl (C=O) groups is 1. The lowest BCUT2D eigenvalue weighted by atomic mass is 9.90. The summed E-state index contributed by atoms with van der Waals surface area (Å²) in [5.41, 5.74) is 0. The highest BCUT2D eigenvalue weighted by molar-refractivity contribution is 5.81. The summed E-state index contributed by atoms with van der Waals surface area (Å²) in [6, 6.07) is 1.46. The zero-order valence-corrected chi connectivity index (χ0v) is 9.45. The normalized spacial score (nSPS) is 42.1. The van der Waals surface area contributed by atoms with E-state index in [1.54, 1.807) is 0 Å². The van der Waals surface area contributed by atoms with Crippen molar-refractivity contribution >= 4 is 5.78 Å². The van der Waals surface area contributed by atoms with Crippen molar-refractivity contribution in [3.05, 3.63) is 0 Å². The van der Waals surface area contributed by atoms with E-state index in [1.165, 1.54) is 38.6 Å². The Morgan fingerprint density at radius 3 is 2.73 bits per heavy atom. The first kappa shape index (κ1) is 9.83. The third kappa shape index (κ3) is 1.73. The summed E-state index contributed by atoms with van der Waals surface area (Å²) in [5, 5.41) is 0. The number of hydrogen-bond acceptors (Lipinski definition) is 2. The van der Waals surface area contributed by atoms with Crippen LogP contribution >= 0.6 is 0 Å². The molecule has 0 aromatic rings. The summed E-state index contributed by atoms with van der Waals surface area (Å²) >= 11 is 0. The molecule has 3 unspecified atom stereocenters. The Kier molecular flexibility index (Phi) is 2.55. The molecule has 2 nitrogen and oxygen atoms in total. The topological polar surface area (TPSA) is 20.3 Å². The minimum atomic E-state index is 0.500. The first-order valence-corrected chi connectivity index (χ1v) is 6.62. The number of piperidine rings is 1. The second-order valence-electron chi connectivity index (χ2n) is 5.57. The Hall–Kier alpha value is -0.370. The molecule has 0 aromatic carbocycles. The second-order valence-corrected chi connectivity index (χ2v) is 5.57. The SMILES string of the molecule is O=C1CCC(N2CCCC3CCCC32)C1. The van der Waals surface area contributed by atoms with Gasteiger partial charge in [-0.1, -0.05) is 6.42 Å². The van der Waals surface area contributed by atoms with Crippen molar-refractivity contribution in [2.75, 3.05) is 6.54 Å². The van der Waals surface area contributed by atoms with Crippen LogP contribution in [0.15, 0.2) is 0 Å². The summed E-state index contributed by atoms with van der Waals surface area (Å²) in [5.74, 6) is 1.47. The van der Waals surface area contributed by atoms with Crippen molar-refractivity contribution in [1.82, 2.24) is 4.90 Å². The van der Waals surface area contributed by atoms with E-state index in [2.05, 4.69) is 4.90 Å². The number of carbonyl (C=O) groups excluding carboxylic acids is 1. The van der Waals surface area contributed by atoms with Crippen LogP contribution in [0.4, 0.5) is 0 Å². The second kappa shape index (κ2) is 3.89. The lowest BCUT2D eigenvalue weighted by Crippen LogP contribution is -2.47. The predicted molar refractivity (Wildman–Crippen MR) is 59.7 cm³/mol. The fourth-order valence-electron chi connectivity index (χ4n) is 4.02. The quantitative estimate of drug-likeness (QED) is 0.658. The van der Waals surface area contributed by atoms with Crippen LogP contribution in [-0.2, 0) is 4.79 Å². The Bertz CT molecular complexity index is 263. The number of nitrogens with zero attached hydrogens (tertiary/aromatic N) is 1. The highest BCUT2D eigenvalue weighted by atomic mass is 16.1. The van der Waals surface area contributed by atoms with Gasteiger partial charge in [0.2, 0.25) is 0 Å². The van der Waals surface area contributed by atoms with Gasteiger partial charge in [0, 0.05) is 24.9 Å². The molecule has 1 heterocycles. The molecular weight excluding hydrogens is 186 g/mol. The molecule has 1 saturated heterocycles. The van der Waals surface area contributed by atoms with E-state index in [4.69, 9.17) is 0 Å². The van der Waals surface area contributed by atoms with Gasteiger partial charge in [0.05, 0.1) is 0 Å². The molecule has 0 bridgehead atoms. The molecule has 0 radical (unpaired) electrons. The van der Waals surface area contributed by atoms with Gasteiger partial charge in [0.15, 0.2) is 0 Å². The molecule has 1 aliphatic heterocycles. The van der Waals surface area contributed by atoms with Crippen molar-refractivity contribution in [3.8, 4) is 0 Å². The number of likely N-dealkylation sites (tertiary alicyclic amines) is 1. The van der Waals surface area contributed by atoms with Crippen molar-refractivity contribution in [2.24, 2.45) is 5.92 Å². The smallest absolute Gasteiger partial charge is 0.134 e. The zero-order valence-electron chi connectivity index (χ0n) is 9.45. The van der Waals surface area contributed by atoms with Gasteiger partial charge in [-0.2, -0.15) is 0 Å². The van der Waals surface area contributed by atoms with Gasteiger partial charge < -0.3 is 0 Å². The van der Waals surface area contributed by atoms with Gasteiger partial charge in [0.1, 0.15) is 5.78 Å². The molecule has 0 spiro atoms. The molecule has 3 atom stereocenters. The minimum absolute atomic E-state index is 0.500. The number of ketones is 1. The summed E-state index contributed by atoms with van der Waals surface area (Å²) < 4.78 is 0. The molecule has 2 saturated carbocycles. The summed E-state index contributed by atoms with van der Waals surface area (Å²) in [6.07, 6.45) is 9.92. The van der Waals surface area contributed by atoms with E-state index in [1.807, 2.05) is 0 Å². The van der Waals surface area contributed by atoms with Crippen LogP contribution in [0.3, 0.4) is 0 Å². The molecule has 0 amide bonds. The van der Waals surface area contributed by atoms with Crippen molar-refractivity contribution < 1.29 is 4.79 Å². The predicted octanol–water partition coefficient (Wildman–Crippen LogP) is 2.37. The average Bonchev–Trinajstić information content (AvgIpc) is 2.84. The van der Waals surface area contributed by atoms with Crippen LogP contribution in [0.25, 0.3) is 0 Å². The summed E-state index contributed by atoms with van der Waals surface area (Å²) in [6.45, 7) is 1.26. The molecule has 0 aromatic heterocycles. The monoisotopic (exact) mass is 207 g/mol. The van der Waals surface area contributed by atoms with Crippen LogP contribution in [0, 0.1) is 5.92 Å². The number of rotatable bonds is 1. The molecular formula is C13H21NO. The first-order chi connectivity index (χ1) is 7.34. The molecule has 3 aliphatic rings. The summed E-state index contributed by atoms with van der Waals surface area (Å²) in [4.78, 5) is 14.1. The van der Waals surface area contributed by atoms with Gasteiger partial charge in [-0.25, -0.2) is 0 Å².